The van der Waals surface area contributed by atoms with Crippen LogP contribution in [0.15, 0.2) is 48.9 Å². The topological polar surface area (TPSA) is 104 Å². The van der Waals surface area contributed by atoms with Gasteiger partial charge in [-0.1, -0.05) is 12.1 Å². The predicted molar refractivity (Wildman–Crippen MR) is 112 cm³/mol. The largest absolute Gasteiger partial charge is 0.347 e. The summed E-state index contributed by atoms with van der Waals surface area (Å²) in [6.45, 7) is 0.364. The van der Waals surface area contributed by atoms with Crippen molar-refractivity contribution in [3.05, 3.63) is 77.4 Å². The minimum Gasteiger partial charge on any atom is -0.347 e. The number of hydrogen-bond donors (Lipinski definition) is 1. The number of nitrogens with one attached hydrogen (secondary N) is 1. The predicted octanol–water partition coefficient (Wildman–Crippen LogP) is 1.67. The van der Waals surface area contributed by atoms with Crippen molar-refractivity contribution in [2.45, 2.75) is 13.1 Å². The van der Waals surface area contributed by atoms with Crippen LogP contribution in [-0.4, -0.2) is 57.8 Å². The van der Waals surface area contributed by atoms with Crippen LogP contribution in [0, 0.1) is 5.82 Å². The quantitative estimate of drug-likeness (QED) is 0.616. The first-order valence-corrected chi connectivity index (χ1v) is 9.43. The van der Waals surface area contributed by atoms with Crippen LogP contribution in [-0.2, 0) is 13.1 Å². The molecule has 0 spiro atoms. The van der Waals surface area contributed by atoms with Crippen molar-refractivity contribution >= 4 is 17.8 Å². The molecule has 9 nitrogen and oxygen atoms in total. The van der Waals surface area contributed by atoms with Gasteiger partial charge >= 0.3 is 0 Å². The highest BCUT2D eigenvalue weighted by molar-refractivity contribution is 6.04. The number of halogens is 1. The molecular formula is C21H22FN7O2. The van der Waals surface area contributed by atoms with E-state index in [0.717, 1.165) is 0 Å². The van der Waals surface area contributed by atoms with E-state index in [2.05, 4.69) is 25.3 Å². The van der Waals surface area contributed by atoms with Crippen LogP contribution in [0.2, 0.25) is 0 Å². The lowest BCUT2D eigenvalue weighted by Crippen LogP contribution is -2.32. The van der Waals surface area contributed by atoms with E-state index in [-0.39, 0.29) is 30.3 Å². The number of hydrogen-bond acceptors (Lipinski definition) is 7. The summed E-state index contributed by atoms with van der Waals surface area (Å²) in [5, 5.41) is 2.68. The van der Waals surface area contributed by atoms with Gasteiger partial charge in [-0.05, 0) is 23.8 Å². The van der Waals surface area contributed by atoms with Crippen molar-refractivity contribution in [1.29, 1.82) is 0 Å². The number of rotatable bonds is 7. The smallest absolute Gasteiger partial charge is 0.275 e. The van der Waals surface area contributed by atoms with Crippen LogP contribution in [0.25, 0.3) is 0 Å². The van der Waals surface area contributed by atoms with Crippen LogP contribution in [0.3, 0.4) is 0 Å². The van der Waals surface area contributed by atoms with Gasteiger partial charge in [-0.2, -0.15) is 0 Å². The third-order valence-electron chi connectivity index (χ3n) is 4.33. The molecule has 2 amide bonds. The number of aromatic nitrogens is 4. The molecule has 0 aliphatic heterocycles. The van der Waals surface area contributed by atoms with Crippen LogP contribution in [0.5, 0.6) is 0 Å². The van der Waals surface area contributed by atoms with E-state index in [9.17, 15) is 14.0 Å². The Labute approximate surface area is 179 Å². The molecule has 0 aliphatic carbocycles. The summed E-state index contributed by atoms with van der Waals surface area (Å²) in [6.07, 6.45) is 4.32. The summed E-state index contributed by atoms with van der Waals surface area (Å²) in [6, 6.07) is 7.46. The molecule has 160 valence electrons. The van der Waals surface area contributed by atoms with E-state index in [1.54, 1.807) is 36.3 Å². The molecule has 1 aromatic carbocycles. The van der Waals surface area contributed by atoms with E-state index in [1.807, 2.05) is 14.1 Å². The highest BCUT2D eigenvalue weighted by Gasteiger charge is 2.23. The average Bonchev–Trinajstić information content (AvgIpc) is 2.78. The fourth-order valence-corrected chi connectivity index (χ4v) is 2.71. The van der Waals surface area contributed by atoms with Crippen LogP contribution >= 0.6 is 0 Å². The van der Waals surface area contributed by atoms with Gasteiger partial charge in [-0.25, -0.2) is 24.3 Å². The lowest BCUT2D eigenvalue weighted by atomic mass is 10.2. The van der Waals surface area contributed by atoms with Gasteiger partial charge in [-0.3, -0.25) is 9.59 Å². The first-order valence-electron chi connectivity index (χ1n) is 9.43. The molecule has 31 heavy (non-hydrogen) atoms. The van der Waals surface area contributed by atoms with Gasteiger partial charge in [0, 0.05) is 46.3 Å². The Morgan fingerprint density at radius 1 is 0.935 bits per heavy atom. The summed E-state index contributed by atoms with van der Waals surface area (Å²) in [7, 11) is 5.24. The maximum Gasteiger partial charge on any atom is 0.275 e. The summed E-state index contributed by atoms with van der Waals surface area (Å²) >= 11 is 0. The molecule has 0 bridgehead atoms. The molecule has 0 atom stereocenters. The molecule has 10 heteroatoms. The van der Waals surface area contributed by atoms with Crippen molar-refractivity contribution in [1.82, 2.24) is 30.2 Å². The van der Waals surface area contributed by atoms with E-state index in [1.165, 1.54) is 29.4 Å². The lowest BCUT2D eigenvalue weighted by molar-refractivity contribution is 0.0768. The minimum absolute atomic E-state index is 0.0662. The third-order valence-corrected chi connectivity index (χ3v) is 4.33. The first kappa shape index (κ1) is 21.8. The van der Waals surface area contributed by atoms with Gasteiger partial charge in [0.1, 0.15) is 5.82 Å². The van der Waals surface area contributed by atoms with Crippen LogP contribution in [0.4, 0.5) is 10.3 Å². The summed E-state index contributed by atoms with van der Waals surface area (Å²) in [5.41, 5.74) is 1.20. The molecule has 0 aliphatic rings. The number of carbonyl (C=O) groups is 2. The number of benzene rings is 1. The summed E-state index contributed by atoms with van der Waals surface area (Å²) in [5.74, 6) is -0.851. The average molecular weight is 423 g/mol. The second-order valence-corrected chi connectivity index (χ2v) is 6.97. The van der Waals surface area contributed by atoms with Gasteiger partial charge in [0.15, 0.2) is 11.4 Å². The maximum absolute atomic E-state index is 13.0. The summed E-state index contributed by atoms with van der Waals surface area (Å²) in [4.78, 5) is 45.4. The fourth-order valence-electron chi connectivity index (χ4n) is 2.71. The molecule has 3 aromatic rings. The molecule has 0 saturated carbocycles. The Balaban J connectivity index is 1.72. The van der Waals surface area contributed by atoms with Crippen LogP contribution < -0.4 is 10.2 Å². The molecule has 0 saturated heterocycles. The zero-order valence-electron chi connectivity index (χ0n) is 17.4. The van der Waals surface area contributed by atoms with Crippen molar-refractivity contribution < 1.29 is 14.0 Å². The molecule has 0 radical (unpaired) electrons. The van der Waals surface area contributed by atoms with Gasteiger partial charge in [0.05, 0.1) is 12.2 Å². The van der Waals surface area contributed by atoms with Gasteiger partial charge in [0.2, 0.25) is 5.95 Å². The number of nitrogens with zero attached hydrogens (tertiary/aromatic N) is 6. The number of carbonyl (C=O) groups excluding carboxylic acids is 2. The van der Waals surface area contributed by atoms with Crippen molar-refractivity contribution in [2.75, 3.05) is 26.0 Å². The fraction of sp³-hybridized carbons (Fsp3) is 0.238. The zero-order chi connectivity index (χ0) is 22.4. The SMILES string of the molecule is CN(Cc1ccnc(N(C)C)n1)C(=O)c1nccnc1C(=O)NCc1ccc(F)cc1. The van der Waals surface area contributed by atoms with Crippen molar-refractivity contribution in [3.8, 4) is 0 Å². The molecule has 1 N–H and O–H groups in total. The molecule has 2 heterocycles. The van der Waals surface area contributed by atoms with E-state index in [0.29, 0.717) is 17.2 Å². The Bertz CT molecular complexity index is 1070. The van der Waals surface area contributed by atoms with E-state index >= 15 is 0 Å². The van der Waals surface area contributed by atoms with Crippen molar-refractivity contribution in [3.63, 3.8) is 0 Å². The van der Waals surface area contributed by atoms with E-state index < -0.39 is 11.8 Å². The summed E-state index contributed by atoms with van der Waals surface area (Å²) < 4.78 is 13.0. The second-order valence-electron chi connectivity index (χ2n) is 6.97. The van der Waals surface area contributed by atoms with Crippen LogP contribution in [0.1, 0.15) is 32.2 Å². The Hall–Kier alpha value is -3.95. The molecule has 0 fully saturated rings. The Morgan fingerprint density at radius 3 is 2.29 bits per heavy atom. The maximum atomic E-state index is 13.0. The molecule has 2 aromatic heterocycles. The monoisotopic (exact) mass is 423 g/mol. The highest BCUT2D eigenvalue weighted by atomic mass is 19.1. The lowest BCUT2D eigenvalue weighted by Gasteiger charge is -2.18. The minimum atomic E-state index is -0.550. The van der Waals surface area contributed by atoms with E-state index in [4.69, 9.17) is 0 Å². The van der Waals surface area contributed by atoms with Gasteiger partial charge in [0.25, 0.3) is 11.8 Å². The molecular weight excluding hydrogens is 401 g/mol. The van der Waals surface area contributed by atoms with Gasteiger partial charge in [-0.15, -0.1) is 0 Å². The Kier molecular flexibility index (Phi) is 6.81. The third kappa shape index (κ3) is 5.56. The van der Waals surface area contributed by atoms with Gasteiger partial charge < -0.3 is 15.1 Å². The van der Waals surface area contributed by atoms with Crippen molar-refractivity contribution in [2.24, 2.45) is 0 Å². The highest BCUT2D eigenvalue weighted by Crippen LogP contribution is 2.11. The second kappa shape index (κ2) is 9.70. The first-order chi connectivity index (χ1) is 14.8. The molecule has 0 unspecified atom stereocenters. The Morgan fingerprint density at radius 2 is 1.61 bits per heavy atom. The normalized spacial score (nSPS) is 10.5. The zero-order valence-corrected chi connectivity index (χ0v) is 17.4. The standard InChI is InChI=1S/C21H22FN7O2/c1-28(2)21-25-9-8-16(27-21)13-29(3)20(31)18-17(23-10-11-24-18)19(30)26-12-14-4-6-15(22)7-5-14/h4-11H,12-13H2,1-3H3,(H,26,30). The molecule has 3 rings (SSSR count). The number of amides is 2. The number of anilines is 1.